The Morgan fingerprint density at radius 2 is 2.16 bits per heavy atom. The molecule has 1 unspecified atom stereocenters. The van der Waals surface area contributed by atoms with E-state index in [9.17, 15) is 0 Å². The molecule has 0 saturated heterocycles. The van der Waals surface area contributed by atoms with Crippen LogP contribution in [0.5, 0.6) is 0 Å². The second-order valence-electron chi connectivity index (χ2n) is 4.76. The molecule has 0 radical (unpaired) electrons. The molecule has 0 fully saturated rings. The van der Waals surface area contributed by atoms with Crippen LogP contribution in [0.25, 0.3) is 0 Å². The minimum Gasteiger partial charge on any atom is -0.395 e. The van der Waals surface area contributed by atoms with Gasteiger partial charge in [0.05, 0.1) is 11.3 Å². The zero-order chi connectivity index (χ0) is 13.4. The number of fused-ring (bicyclic) bond motifs is 1. The van der Waals surface area contributed by atoms with Gasteiger partial charge in [-0.3, -0.25) is 0 Å². The van der Waals surface area contributed by atoms with Crippen LogP contribution >= 0.6 is 0 Å². The molecule has 2 heterocycles. The monoisotopic (exact) mass is 250 g/mol. The molecule has 0 bridgehead atoms. The number of rotatable bonds is 1. The van der Waals surface area contributed by atoms with Gasteiger partial charge in [0, 0.05) is 17.9 Å². The Labute approximate surface area is 112 Å². The van der Waals surface area contributed by atoms with Crippen molar-refractivity contribution >= 4 is 17.2 Å². The zero-order valence-corrected chi connectivity index (χ0v) is 10.7. The van der Waals surface area contributed by atoms with E-state index in [0.717, 1.165) is 12.1 Å². The maximum absolute atomic E-state index is 9.07. The highest BCUT2D eigenvalue weighted by Gasteiger charge is 2.29. The van der Waals surface area contributed by atoms with Gasteiger partial charge < -0.3 is 10.6 Å². The van der Waals surface area contributed by atoms with Crippen molar-refractivity contribution < 1.29 is 0 Å². The minimum atomic E-state index is 0.293. The van der Waals surface area contributed by atoms with Crippen LogP contribution in [0, 0.1) is 11.3 Å². The van der Waals surface area contributed by atoms with E-state index in [-0.39, 0.29) is 0 Å². The summed E-state index contributed by atoms with van der Waals surface area (Å²) in [4.78, 5) is 6.48. The number of nitriles is 1. The first-order valence-electron chi connectivity index (χ1n) is 6.24. The maximum atomic E-state index is 9.07. The Bertz CT molecular complexity index is 672. The lowest BCUT2D eigenvalue weighted by Gasteiger charge is -2.25. The third-order valence-corrected chi connectivity index (χ3v) is 3.52. The van der Waals surface area contributed by atoms with Gasteiger partial charge in [0.15, 0.2) is 5.82 Å². The van der Waals surface area contributed by atoms with Crippen LogP contribution in [0.1, 0.15) is 18.1 Å². The third kappa shape index (κ3) is 1.71. The van der Waals surface area contributed by atoms with Crippen LogP contribution < -0.4 is 10.6 Å². The van der Waals surface area contributed by atoms with Crippen LogP contribution in [0.3, 0.4) is 0 Å². The lowest BCUT2D eigenvalue weighted by molar-refractivity contribution is 0.751. The van der Waals surface area contributed by atoms with Crippen molar-refractivity contribution in [2.75, 3.05) is 10.6 Å². The quantitative estimate of drug-likeness (QED) is 0.844. The number of nitrogens with two attached hydrogens (primary N) is 1. The van der Waals surface area contributed by atoms with Crippen molar-refractivity contribution in [3.8, 4) is 6.07 Å². The standard InChI is InChI=1S/C15H14N4/c1-10-8-11-4-2-3-5-13(11)19(10)15-14(17)12(9-16)6-7-18-15/h2-7,10H,8,17H2,1H3. The molecule has 94 valence electrons. The lowest BCUT2D eigenvalue weighted by Crippen LogP contribution is -2.26. The van der Waals surface area contributed by atoms with Gasteiger partial charge in [-0.1, -0.05) is 18.2 Å². The Kier molecular flexibility index (Phi) is 2.60. The molecule has 0 saturated carbocycles. The molecule has 0 aliphatic carbocycles. The number of para-hydroxylation sites is 1. The van der Waals surface area contributed by atoms with Crippen LogP contribution in [0.15, 0.2) is 36.5 Å². The van der Waals surface area contributed by atoms with E-state index in [1.807, 2.05) is 12.1 Å². The van der Waals surface area contributed by atoms with Crippen LogP contribution in [-0.4, -0.2) is 11.0 Å². The van der Waals surface area contributed by atoms with E-state index in [0.29, 0.717) is 23.1 Å². The number of nitrogens with zero attached hydrogens (tertiary/aromatic N) is 3. The largest absolute Gasteiger partial charge is 0.395 e. The summed E-state index contributed by atoms with van der Waals surface area (Å²) in [5, 5.41) is 9.07. The summed E-state index contributed by atoms with van der Waals surface area (Å²) in [5.41, 5.74) is 9.41. The Morgan fingerprint density at radius 3 is 2.95 bits per heavy atom. The zero-order valence-electron chi connectivity index (χ0n) is 10.7. The van der Waals surface area contributed by atoms with Crippen molar-refractivity contribution in [3.05, 3.63) is 47.7 Å². The molecule has 2 aromatic rings. The van der Waals surface area contributed by atoms with Gasteiger partial charge in [0.2, 0.25) is 0 Å². The molecule has 1 aromatic heterocycles. The normalized spacial score (nSPS) is 17.1. The highest BCUT2D eigenvalue weighted by atomic mass is 15.2. The van der Waals surface area contributed by atoms with Crippen molar-refractivity contribution in [1.29, 1.82) is 5.26 Å². The predicted molar refractivity (Wildman–Crippen MR) is 75.1 cm³/mol. The lowest BCUT2D eigenvalue weighted by atomic mass is 10.1. The van der Waals surface area contributed by atoms with Crippen LogP contribution in [0.4, 0.5) is 17.2 Å². The smallest absolute Gasteiger partial charge is 0.157 e. The summed E-state index contributed by atoms with van der Waals surface area (Å²) in [6.45, 7) is 2.14. The molecular weight excluding hydrogens is 236 g/mol. The summed E-state index contributed by atoms with van der Waals surface area (Å²) in [5.74, 6) is 0.677. The van der Waals surface area contributed by atoms with Crippen LogP contribution in [-0.2, 0) is 6.42 Å². The van der Waals surface area contributed by atoms with E-state index in [1.165, 1.54) is 5.56 Å². The van der Waals surface area contributed by atoms with E-state index < -0.39 is 0 Å². The fourth-order valence-electron chi connectivity index (χ4n) is 2.64. The first-order valence-corrected chi connectivity index (χ1v) is 6.24. The average molecular weight is 250 g/mol. The Balaban J connectivity index is 2.16. The highest BCUT2D eigenvalue weighted by molar-refractivity contribution is 5.79. The second-order valence-corrected chi connectivity index (χ2v) is 4.76. The fourth-order valence-corrected chi connectivity index (χ4v) is 2.64. The molecule has 1 aliphatic heterocycles. The van der Waals surface area contributed by atoms with Crippen molar-refractivity contribution in [2.24, 2.45) is 0 Å². The summed E-state index contributed by atoms with van der Waals surface area (Å²) < 4.78 is 0. The molecule has 2 N–H and O–H groups in total. The third-order valence-electron chi connectivity index (χ3n) is 3.52. The molecule has 4 nitrogen and oxygen atoms in total. The van der Waals surface area contributed by atoms with E-state index in [1.54, 1.807) is 12.3 Å². The first kappa shape index (κ1) is 11.5. The SMILES string of the molecule is CC1Cc2ccccc2N1c1nccc(C#N)c1N. The van der Waals surface area contributed by atoms with Crippen molar-refractivity contribution in [3.63, 3.8) is 0 Å². The second kappa shape index (κ2) is 4.29. The van der Waals surface area contributed by atoms with E-state index >= 15 is 0 Å². The van der Waals surface area contributed by atoms with Gasteiger partial charge in [0.1, 0.15) is 6.07 Å². The van der Waals surface area contributed by atoms with E-state index in [2.05, 4.69) is 35.0 Å². The number of aromatic nitrogens is 1. The van der Waals surface area contributed by atoms with Gasteiger partial charge in [-0.15, -0.1) is 0 Å². The summed E-state index contributed by atoms with van der Waals surface area (Å²) >= 11 is 0. The number of hydrogen-bond donors (Lipinski definition) is 1. The molecule has 1 aromatic carbocycles. The number of pyridine rings is 1. The first-order chi connectivity index (χ1) is 9.22. The van der Waals surface area contributed by atoms with Gasteiger partial charge >= 0.3 is 0 Å². The molecule has 19 heavy (non-hydrogen) atoms. The van der Waals surface area contributed by atoms with Gasteiger partial charge in [-0.05, 0) is 31.0 Å². The van der Waals surface area contributed by atoms with Crippen LogP contribution in [0.2, 0.25) is 0 Å². The number of nitrogen functional groups attached to an aromatic ring is 1. The molecule has 0 amide bonds. The Morgan fingerprint density at radius 1 is 1.37 bits per heavy atom. The van der Waals surface area contributed by atoms with Gasteiger partial charge in [-0.2, -0.15) is 5.26 Å². The minimum absolute atomic E-state index is 0.293. The predicted octanol–water partition coefficient (Wildman–Crippen LogP) is 2.62. The van der Waals surface area contributed by atoms with Crippen molar-refractivity contribution in [2.45, 2.75) is 19.4 Å². The van der Waals surface area contributed by atoms with Gasteiger partial charge in [-0.25, -0.2) is 4.98 Å². The average Bonchev–Trinajstić information content (AvgIpc) is 2.75. The molecule has 0 spiro atoms. The van der Waals surface area contributed by atoms with E-state index in [4.69, 9.17) is 11.0 Å². The molecule has 4 heteroatoms. The number of anilines is 3. The number of benzene rings is 1. The molecule has 1 aliphatic rings. The molecule has 1 atom stereocenters. The summed E-state index contributed by atoms with van der Waals surface area (Å²) in [6, 6.07) is 12.3. The fraction of sp³-hybridized carbons (Fsp3) is 0.200. The van der Waals surface area contributed by atoms with Crippen molar-refractivity contribution in [1.82, 2.24) is 4.98 Å². The number of hydrogen-bond acceptors (Lipinski definition) is 4. The Hall–Kier alpha value is -2.54. The molecule has 3 rings (SSSR count). The maximum Gasteiger partial charge on any atom is 0.157 e. The van der Waals surface area contributed by atoms with Gasteiger partial charge in [0.25, 0.3) is 0 Å². The summed E-state index contributed by atoms with van der Waals surface area (Å²) in [7, 11) is 0. The molecular formula is C15H14N4. The highest BCUT2D eigenvalue weighted by Crippen LogP contribution is 2.39. The topological polar surface area (TPSA) is 65.9 Å². The summed E-state index contributed by atoms with van der Waals surface area (Å²) in [6.07, 6.45) is 2.60.